The van der Waals surface area contributed by atoms with Gasteiger partial charge in [0.2, 0.25) is 0 Å². The summed E-state index contributed by atoms with van der Waals surface area (Å²) < 4.78 is 5.77. The first-order valence-corrected chi connectivity index (χ1v) is 8.67. The monoisotopic (exact) mass is 429 g/mol. The molecule has 0 aliphatic carbocycles. The number of hydrogen-bond acceptors (Lipinski definition) is 3. The highest BCUT2D eigenvalue weighted by atomic mass is 127. The minimum atomic E-state index is 0. The van der Waals surface area contributed by atoms with Crippen LogP contribution in [0, 0.1) is 0 Å². The van der Waals surface area contributed by atoms with Gasteiger partial charge < -0.3 is 15.4 Å². The van der Waals surface area contributed by atoms with E-state index in [9.17, 15) is 0 Å². The molecule has 126 valence electrons. The number of aliphatic imine (C=N–C) groups is 1. The van der Waals surface area contributed by atoms with Gasteiger partial charge in [0.15, 0.2) is 5.96 Å². The molecule has 2 N–H and O–H groups in total. The minimum absolute atomic E-state index is 0. The molecule has 0 aromatic rings. The predicted octanol–water partition coefficient (Wildman–Crippen LogP) is 3.26. The molecule has 1 saturated heterocycles. The van der Waals surface area contributed by atoms with Crippen LogP contribution in [0.4, 0.5) is 0 Å². The Morgan fingerprint density at radius 2 is 1.86 bits per heavy atom. The van der Waals surface area contributed by atoms with Crippen molar-refractivity contribution >= 4 is 41.7 Å². The third-order valence-electron chi connectivity index (χ3n) is 3.22. The molecule has 0 unspecified atom stereocenters. The molecule has 0 amide bonds. The number of nitrogens with one attached hydrogen (secondary N) is 2. The van der Waals surface area contributed by atoms with Gasteiger partial charge in [0.25, 0.3) is 0 Å². The van der Waals surface area contributed by atoms with E-state index in [-0.39, 0.29) is 34.3 Å². The zero-order valence-corrected chi connectivity index (χ0v) is 17.3. The summed E-state index contributed by atoms with van der Waals surface area (Å²) in [4.78, 5) is 4.83. The minimum Gasteiger partial charge on any atom is -0.381 e. The van der Waals surface area contributed by atoms with Crippen LogP contribution in [0.3, 0.4) is 0 Å². The largest absolute Gasteiger partial charge is 0.381 e. The average Bonchev–Trinajstić information content (AvgIpc) is 2.36. The maximum absolute atomic E-state index is 5.51. The summed E-state index contributed by atoms with van der Waals surface area (Å²) in [7, 11) is 0. The highest BCUT2D eigenvalue weighted by molar-refractivity contribution is 14.0. The molecule has 1 aliphatic heterocycles. The smallest absolute Gasteiger partial charge is 0.191 e. The fourth-order valence-corrected chi connectivity index (χ4v) is 3.51. The topological polar surface area (TPSA) is 45.7 Å². The molecule has 0 spiro atoms. The van der Waals surface area contributed by atoms with E-state index in [1.165, 1.54) is 0 Å². The van der Waals surface area contributed by atoms with Crippen molar-refractivity contribution in [1.29, 1.82) is 0 Å². The molecule has 0 atom stereocenters. The Kier molecular flexibility index (Phi) is 10.3. The van der Waals surface area contributed by atoms with Crippen LogP contribution < -0.4 is 10.6 Å². The molecule has 6 heteroatoms. The van der Waals surface area contributed by atoms with Gasteiger partial charge in [0.1, 0.15) is 0 Å². The molecule has 4 nitrogen and oxygen atoms in total. The lowest BCUT2D eigenvalue weighted by molar-refractivity contribution is 0.0793. The Hall–Kier alpha value is 0.310. The molecule has 0 aromatic carbocycles. The van der Waals surface area contributed by atoms with Crippen LogP contribution in [0.2, 0.25) is 0 Å². The summed E-state index contributed by atoms with van der Waals surface area (Å²) in [5.74, 6) is 2.06. The summed E-state index contributed by atoms with van der Waals surface area (Å²) in [6, 6.07) is 0. The quantitative estimate of drug-likeness (QED) is 0.400. The van der Waals surface area contributed by atoms with Crippen LogP contribution in [0.15, 0.2) is 4.99 Å². The number of hydrogen-bond donors (Lipinski definition) is 2. The molecule has 1 rings (SSSR count). The van der Waals surface area contributed by atoms with Crippen molar-refractivity contribution < 1.29 is 4.74 Å². The van der Waals surface area contributed by atoms with Crippen LogP contribution in [-0.4, -0.2) is 48.3 Å². The van der Waals surface area contributed by atoms with Gasteiger partial charge >= 0.3 is 0 Å². The van der Waals surface area contributed by atoms with Gasteiger partial charge in [-0.05, 0) is 46.3 Å². The Balaban J connectivity index is 0.00000400. The second-order valence-corrected chi connectivity index (χ2v) is 8.03. The van der Waals surface area contributed by atoms with E-state index in [1.54, 1.807) is 0 Å². The molecule has 1 aliphatic rings. The van der Waals surface area contributed by atoms with Crippen LogP contribution in [0.5, 0.6) is 0 Å². The Labute approximate surface area is 151 Å². The first-order chi connectivity index (χ1) is 9.41. The summed E-state index contributed by atoms with van der Waals surface area (Å²) in [6.07, 6.45) is 2.20. The Morgan fingerprint density at radius 3 is 2.33 bits per heavy atom. The van der Waals surface area contributed by atoms with Crippen molar-refractivity contribution in [3.63, 3.8) is 0 Å². The first-order valence-electron chi connectivity index (χ1n) is 7.69. The van der Waals surface area contributed by atoms with E-state index in [0.29, 0.717) is 0 Å². The van der Waals surface area contributed by atoms with Crippen LogP contribution in [0.1, 0.15) is 47.5 Å². The van der Waals surface area contributed by atoms with Gasteiger partial charge in [0, 0.05) is 30.0 Å². The van der Waals surface area contributed by atoms with Crippen LogP contribution in [-0.2, 0) is 4.74 Å². The van der Waals surface area contributed by atoms with Gasteiger partial charge in [0.05, 0.1) is 6.54 Å². The fourth-order valence-electron chi connectivity index (χ4n) is 2.28. The number of thioether (sulfide) groups is 1. The van der Waals surface area contributed by atoms with Gasteiger partial charge in [-0.2, -0.15) is 11.8 Å². The normalized spacial score (nSPS) is 18.8. The second-order valence-electron chi connectivity index (χ2n) is 6.30. The molecular weight excluding hydrogens is 397 g/mol. The molecule has 0 radical (unpaired) electrons. The van der Waals surface area contributed by atoms with Gasteiger partial charge in [-0.15, -0.1) is 24.0 Å². The fraction of sp³-hybridized carbons (Fsp3) is 0.933. The Morgan fingerprint density at radius 1 is 1.24 bits per heavy atom. The standard InChI is InChI=1S/C15H31N3OS.HI/c1-6-16-13(18-14(3,4)5)17-12-15(20-7-2)8-10-19-11-9-15;/h6-12H2,1-5H3,(H2,16,17,18);1H. The zero-order chi connectivity index (χ0) is 15.1. The van der Waals surface area contributed by atoms with Gasteiger partial charge in [-0.25, -0.2) is 0 Å². The van der Waals surface area contributed by atoms with E-state index >= 15 is 0 Å². The highest BCUT2D eigenvalue weighted by Gasteiger charge is 2.32. The van der Waals surface area contributed by atoms with Crippen molar-refractivity contribution in [2.24, 2.45) is 4.99 Å². The van der Waals surface area contributed by atoms with Gasteiger partial charge in [-0.3, -0.25) is 4.99 Å². The lowest BCUT2D eigenvalue weighted by Gasteiger charge is -2.35. The van der Waals surface area contributed by atoms with Crippen LogP contribution >= 0.6 is 35.7 Å². The van der Waals surface area contributed by atoms with E-state index in [4.69, 9.17) is 9.73 Å². The molecule has 1 heterocycles. The number of guanidine groups is 1. The summed E-state index contributed by atoms with van der Waals surface area (Å²) in [6.45, 7) is 14.3. The lowest BCUT2D eigenvalue weighted by atomic mass is 9.99. The highest BCUT2D eigenvalue weighted by Crippen LogP contribution is 2.35. The number of nitrogens with zero attached hydrogens (tertiary/aromatic N) is 1. The van der Waals surface area contributed by atoms with E-state index in [2.05, 4.69) is 45.3 Å². The van der Waals surface area contributed by atoms with Crippen molar-refractivity contribution in [2.75, 3.05) is 32.1 Å². The second kappa shape index (κ2) is 10.2. The van der Waals surface area contributed by atoms with Gasteiger partial charge in [-0.1, -0.05) is 6.92 Å². The number of halogens is 1. The third kappa shape index (κ3) is 8.50. The number of ether oxygens (including phenoxy) is 1. The summed E-state index contributed by atoms with van der Waals surface area (Å²) in [5.41, 5.74) is 0.0295. The van der Waals surface area contributed by atoms with Crippen molar-refractivity contribution in [3.05, 3.63) is 0 Å². The summed E-state index contributed by atoms with van der Waals surface area (Å²) >= 11 is 2.04. The third-order valence-corrected chi connectivity index (χ3v) is 4.66. The Bertz CT molecular complexity index is 307. The number of rotatable bonds is 5. The zero-order valence-electron chi connectivity index (χ0n) is 14.1. The predicted molar refractivity (Wildman–Crippen MR) is 105 cm³/mol. The van der Waals surface area contributed by atoms with E-state index in [0.717, 1.165) is 50.9 Å². The van der Waals surface area contributed by atoms with Crippen LogP contribution in [0.25, 0.3) is 0 Å². The average molecular weight is 429 g/mol. The molecule has 0 saturated carbocycles. The van der Waals surface area contributed by atoms with E-state index in [1.807, 2.05) is 11.8 Å². The molecule has 0 aromatic heterocycles. The van der Waals surface area contributed by atoms with Crippen molar-refractivity contribution in [2.45, 2.75) is 57.7 Å². The summed E-state index contributed by atoms with van der Waals surface area (Å²) in [5, 5.41) is 6.79. The van der Waals surface area contributed by atoms with E-state index < -0.39 is 0 Å². The molecule has 21 heavy (non-hydrogen) atoms. The maximum atomic E-state index is 5.51. The van der Waals surface area contributed by atoms with Crippen molar-refractivity contribution in [1.82, 2.24) is 10.6 Å². The maximum Gasteiger partial charge on any atom is 0.191 e. The molecule has 1 fully saturated rings. The van der Waals surface area contributed by atoms with Crippen molar-refractivity contribution in [3.8, 4) is 0 Å². The molecule has 0 bridgehead atoms. The first kappa shape index (κ1) is 21.3. The lowest BCUT2D eigenvalue weighted by Crippen LogP contribution is -2.48. The SMILES string of the molecule is CCNC(=NCC1(SCC)CCOCC1)NC(C)(C)C.I. The molecular formula is C15H32IN3OS.